The Labute approximate surface area is 152 Å². The van der Waals surface area contributed by atoms with Gasteiger partial charge < -0.3 is 4.42 Å². The number of nitrogens with zero attached hydrogens (tertiary/aromatic N) is 3. The SMILES string of the molecule is CSCc1ccc(C(=O)N(C)c2sc(-c3cccnc3)nc2Cl)o1. The lowest BCUT2D eigenvalue weighted by Gasteiger charge is -2.13. The highest BCUT2D eigenvalue weighted by molar-refractivity contribution is 7.97. The van der Waals surface area contributed by atoms with E-state index in [1.54, 1.807) is 37.3 Å². The van der Waals surface area contributed by atoms with Crippen LogP contribution in [0.4, 0.5) is 5.00 Å². The van der Waals surface area contributed by atoms with E-state index in [1.165, 1.54) is 16.2 Å². The van der Waals surface area contributed by atoms with Crippen molar-refractivity contribution in [3.63, 3.8) is 0 Å². The van der Waals surface area contributed by atoms with Crippen LogP contribution < -0.4 is 4.90 Å². The normalized spacial score (nSPS) is 10.8. The molecule has 3 aromatic heterocycles. The molecule has 124 valence electrons. The number of anilines is 1. The van der Waals surface area contributed by atoms with Gasteiger partial charge in [0.25, 0.3) is 5.91 Å². The molecule has 5 nitrogen and oxygen atoms in total. The van der Waals surface area contributed by atoms with E-state index in [4.69, 9.17) is 16.0 Å². The highest BCUT2D eigenvalue weighted by atomic mass is 35.5. The number of hydrogen-bond donors (Lipinski definition) is 0. The summed E-state index contributed by atoms with van der Waals surface area (Å²) >= 11 is 9.20. The van der Waals surface area contributed by atoms with E-state index >= 15 is 0 Å². The molecule has 1 amide bonds. The van der Waals surface area contributed by atoms with E-state index in [0.29, 0.717) is 10.0 Å². The van der Waals surface area contributed by atoms with Crippen molar-refractivity contribution in [3.8, 4) is 10.6 Å². The van der Waals surface area contributed by atoms with Crippen molar-refractivity contribution in [3.05, 3.63) is 53.3 Å². The van der Waals surface area contributed by atoms with Gasteiger partial charge in [0, 0.05) is 25.0 Å². The minimum Gasteiger partial charge on any atom is -0.455 e. The van der Waals surface area contributed by atoms with Gasteiger partial charge in [-0.05, 0) is 30.5 Å². The van der Waals surface area contributed by atoms with Crippen molar-refractivity contribution in [1.29, 1.82) is 0 Å². The third kappa shape index (κ3) is 3.48. The number of furan rings is 1. The zero-order chi connectivity index (χ0) is 17.1. The third-order valence-corrected chi connectivity index (χ3v) is 5.38. The highest BCUT2D eigenvalue weighted by Crippen LogP contribution is 2.37. The maximum Gasteiger partial charge on any atom is 0.294 e. The molecule has 0 aliphatic rings. The number of aromatic nitrogens is 2. The Hall–Kier alpha value is -1.83. The topological polar surface area (TPSA) is 59.2 Å². The molecule has 0 bridgehead atoms. The van der Waals surface area contributed by atoms with Crippen molar-refractivity contribution in [1.82, 2.24) is 9.97 Å². The molecule has 0 spiro atoms. The summed E-state index contributed by atoms with van der Waals surface area (Å²) in [5.74, 6) is 1.52. The predicted octanol–water partition coefficient (Wildman–Crippen LogP) is 4.59. The van der Waals surface area contributed by atoms with Crippen LogP contribution in [0.1, 0.15) is 16.3 Å². The third-order valence-electron chi connectivity index (χ3n) is 3.25. The summed E-state index contributed by atoms with van der Waals surface area (Å²) in [6.07, 6.45) is 5.38. The Morgan fingerprint density at radius 2 is 2.25 bits per heavy atom. The summed E-state index contributed by atoms with van der Waals surface area (Å²) in [7, 11) is 1.66. The molecule has 8 heteroatoms. The van der Waals surface area contributed by atoms with Gasteiger partial charge in [-0.2, -0.15) is 11.8 Å². The van der Waals surface area contributed by atoms with Gasteiger partial charge in [-0.25, -0.2) is 4.98 Å². The molecule has 0 saturated heterocycles. The minimum atomic E-state index is -0.259. The van der Waals surface area contributed by atoms with E-state index in [2.05, 4.69) is 9.97 Å². The Kier molecular flexibility index (Phi) is 5.23. The molecule has 3 heterocycles. The van der Waals surface area contributed by atoms with E-state index < -0.39 is 0 Å². The van der Waals surface area contributed by atoms with Crippen LogP contribution in [0.2, 0.25) is 5.15 Å². The zero-order valence-corrected chi connectivity index (χ0v) is 15.4. The molecular formula is C16H14ClN3O2S2. The Morgan fingerprint density at radius 3 is 2.96 bits per heavy atom. The van der Waals surface area contributed by atoms with Crippen LogP contribution in [0.25, 0.3) is 10.6 Å². The number of pyridine rings is 1. The maximum absolute atomic E-state index is 12.6. The van der Waals surface area contributed by atoms with Gasteiger partial charge >= 0.3 is 0 Å². The first-order valence-electron chi connectivity index (χ1n) is 7.02. The fourth-order valence-electron chi connectivity index (χ4n) is 2.08. The summed E-state index contributed by atoms with van der Waals surface area (Å²) in [4.78, 5) is 22.5. The number of thiazole rings is 1. The fourth-order valence-corrected chi connectivity index (χ4v) is 3.81. The van der Waals surface area contributed by atoms with Crippen LogP contribution in [0.5, 0.6) is 0 Å². The average molecular weight is 380 g/mol. The Bertz CT molecular complexity index is 848. The molecule has 0 fully saturated rings. The molecule has 0 aliphatic heterocycles. The van der Waals surface area contributed by atoms with Crippen molar-refractivity contribution in [2.45, 2.75) is 5.75 Å². The predicted molar refractivity (Wildman–Crippen MR) is 99.0 cm³/mol. The van der Waals surface area contributed by atoms with Crippen molar-refractivity contribution in [2.75, 3.05) is 18.2 Å². The van der Waals surface area contributed by atoms with Crippen LogP contribution in [0, 0.1) is 0 Å². The molecule has 0 aromatic carbocycles. The molecule has 0 unspecified atom stereocenters. The molecule has 0 radical (unpaired) electrons. The maximum atomic E-state index is 12.6. The van der Waals surface area contributed by atoms with Gasteiger partial charge in [0.1, 0.15) is 15.8 Å². The Morgan fingerprint density at radius 1 is 1.42 bits per heavy atom. The number of carbonyl (C=O) groups is 1. The van der Waals surface area contributed by atoms with Crippen molar-refractivity contribution >= 4 is 45.6 Å². The number of hydrogen-bond acceptors (Lipinski definition) is 6. The molecule has 3 rings (SSSR count). The van der Waals surface area contributed by atoms with E-state index in [-0.39, 0.29) is 16.8 Å². The van der Waals surface area contributed by atoms with Crippen LogP contribution >= 0.6 is 34.7 Å². The van der Waals surface area contributed by atoms with Gasteiger partial charge in [-0.1, -0.05) is 22.9 Å². The van der Waals surface area contributed by atoms with Gasteiger partial charge in [0.2, 0.25) is 0 Å². The lowest BCUT2D eigenvalue weighted by atomic mass is 10.3. The second-order valence-corrected chi connectivity index (χ2v) is 7.12. The molecule has 0 N–H and O–H groups in total. The highest BCUT2D eigenvalue weighted by Gasteiger charge is 2.23. The number of halogens is 1. The number of carbonyl (C=O) groups excluding carboxylic acids is 1. The largest absolute Gasteiger partial charge is 0.455 e. The van der Waals surface area contributed by atoms with Crippen molar-refractivity contribution < 1.29 is 9.21 Å². The Balaban J connectivity index is 1.85. The number of thioether (sulfide) groups is 1. The summed E-state index contributed by atoms with van der Waals surface area (Å²) in [5.41, 5.74) is 0.858. The van der Waals surface area contributed by atoms with Crippen LogP contribution in [-0.2, 0) is 5.75 Å². The molecule has 3 aromatic rings. The molecular weight excluding hydrogens is 366 g/mol. The first-order chi connectivity index (χ1) is 11.6. The van der Waals surface area contributed by atoms with E-state index in [1.807, 2.05) is 24.5 Å². The van der Waals surface area contributed by atoms with Gasteiger partial charge in [0.05, 0.1) is 5.75 Å². The lowest BCUT2D eigenvalue weighted by Crippen LogP contribution is -2.25. The molecule has 24 heavy (non-hydrogen) atoms. The summed E-state index contributed by atoms with van der Waals surface area (Å²) < 4.78 is 5.58. The van der Waals surface area contributed by atoms with Gasteiger partial charge in [-0.3, -0.25) is 14.7 Å². The first kappa shape index (κ1) is 17.0. The van der Waals surface area contributed by atoms with E-state index in [9.17, 15) is 4.79 Å². The minimum absolute atomic E-state index is 0.259. The smallest absolute Gasteiger partial charge is 0.294 e. The van der Waals surface area contributed by atoms with Crippen LogP contribution in [0.3, 0.4) is 0 Å². The average Bonchev–Trinajstić information content (AvgIpc) is 3.21. The lowest BCUT2D eigenvalue weighted by molar-refractivity contribution is 0.0965. The second kappa shape index (κ2) is 7.38. The zero-order valence-electron chi connectivity index (χ0n) is 13.0. The fraction of sp³-hybridized carbons (Fsp3) is 0.188. The second-order valence-electron chi connectivity index (χ2n) is 4.92. The quantitative estimate of drug-likeness (QED) is 0.648. The van der Waals surface area contributed by atoms with Crippen molar-refractivity contribution in [2.24, 2.45) is 0 Å². The standard InChI is InChI=1S/C16H14ClN3O2S2/c1-20(15(21)12-6-5-11(22-12)9-23-2)16-13(17)19-14(24-16)10-4-3-7-18-8-10/h3-8H,9H2,1-2H3. The molecule has 0 atom stereocenters. The monoisotopic (exact) mass is 379 g/mol. The molecule has 0 aliphatic carbocycles. The van der Waals surface area contributed by atoms with Gasteiger partial charge in [0.15, 0.2) is 10.9 Å². The number of rotatable bonds is 5. The van der Waals surface area contributed by atoms with Crippen LogP contribution in [-0.4, -0.2) is 29.2 Å². The van der Waals surface area contributed by atoms with Crippen LogP contribution in [0.15, 0.2) is 41.1 Å². The first-order valence-corrected chi connectivity index (χ1v) is 9.61. The summed E-state index contributed by atoms with van der Waals surface area (Å²) in [5, 5.41) is 1.57. The summed E-state index contributed by atoms with van der Waals surface area (Å²) in [6, 6.07) is 7.22. The van der Waals surface area contributed by atoms with Gasteiger partial charge in [-0.15, -0.1) is 0 Å². The molecule has 0 saturated carbocycles. The van der Waals surface area contributed by atoms with E-state index in [0.717, 1.165) is 17.1 Å². The number of amides is 1. The summed E-state index contributed by atoms with van der Waals surface area (Å²) in [6.45, 7) is 0.